The summed E-state index contributed by atoms with van der Waals surface area (Å²) in [4.78, 5) is 76.8. The number of nitrogens with two attached hydrogens (primary N) is 2. The molecule has 0 saturated carbocycles. The maximum atomic E-state index is 12.9. The second-order valence-electron chi connectivity index (χ2n) is 24.9. The van der Waals surface area contributed by atoms with Gasteiger partial charge in [0.1, 0.15) is 22.3 Å². The zero-order chi connectivity index (χ0) is 90.0. The third-order valence-corrected chi connectivity index (χ3v) is 19.7. The number of alkyl halides is 9. The summed E-state index contributed by atoms with van der Waals surface area (Å²) in [6.45, 7) is 7.93. The van der Waals surface area contributed by atoms with E-state index in [1.807, 2.05) is 48.0 Å². The number of carbonyl (C=O) groups is 1. The standard InChI is InChI=1S/C18H14F3N5O2.C14H9BrF3N3O2.C10H17BN2O2.C7H6BF3O3.C7H6BrN3O.C6H7BrClN3.C5HBrCl2N2O2.CH5N.CH2O2.2CH4.2CH3.ClH.2V/c1-24-10-22-15-16(24)14(11-7-23-25(2)8-11)9-26(17(15)27)12-3-5-13(6-4-12)28-18(19,20)21;1-20-7-19-11-12(20)10(15)6-21(13(11)22)8-2-4-9(5-3-8)23-14(16,17)18;1-9(2)10(3,4)15-11(14-9)8-6-12-13(5)7-8;9-7(10,11)14-6-3-1-5(2-4-6)8(12)13;1-11-3-10-5-6(11)4(8)2-9-7(5)12;1-10-5-3(7)2-11-6(8)4(5)9;6-2-1-9-5(8)4(3(2)7)10(11)12;1-2;2-1-3;;;;;;;/h3-10H,1-2H3;2-7H,1H3;6-7H,1-5H3;1-4,12-13H;2-3H,1H3,(H,9,12);2H,9H2,1H3,(H,10,11);1H;2H2,1H3;1H,(H,2,3);2*1H4;2*1H3;1H;;/q;;;;;;;;;;;2*-1;;;. The second kappa shape index (κ2) is 52.0. The molecule has 14 rings (SSSR count). The summed E-state index contributed by atoms with van der Waals surface area (Å²) in [5, 5.41) is 45.8. The van der Waals surface area contributed by atoms with Crippen molar-refractivity contribution in [1.82, 2.24) is 72.3 Å². The number of pyridine rings is 5. The van der Waals surface area contributed by atoms with Gasteiger partial charge in [-0.15, -0.1) is 51.9 Å². The number of halogens is 17. The van der Waals surface area contributed by atoms with Gasteiger partial charge in [-0.1, -0.05) is 61.8 Å². The van der Waals surface area contributed by atoms with E-state index in [0.717, 1.165) is 85.3 Å². The van der Waals surface area contributed by atoms with Gasteiger partial charge >= 0.3 is 39.0 Å². The van der Waals surface area contributed by atoms with Gasteiger partial charge in [0, 0.05) is 157 Å². The van der Waals surface area contributed by atoms with Crippen molar-refractivity contribution in [3.05, 3.63) is 237 Å². The number of carboxylic acid groups (broad SMARTS) is 1. The van der Waals surface area contributed by atoms with Gasteiger partial charge in [-0.25, -0.2) is 24.9 Å². The van der Waals surface area contributed by atoms with Gasteiger partial charge in [-0.05, 0) is 165 Å². The molecule has 1 aliphatic heterocycles. The quantitative estimate of drug-likeness (QED) is 0.0127. The van der Waals surface area contributed by atoms with Crippen LogP contribution < -0.4 is 58.6 Å². The topological polar surface area (TPSA) is 423 Å². The molecule has 54 heteroatoms. The molecule has 1 fully saturated rings. The molecular weight excluding hydrogens is 2120 g/mol. The first-order chi connectivity index (χ1) is 56.0. The molecule has 33 nitrogen and oxygen atoms in total. The van der Waals surface area contributed by atoms with Crippen molar-refractivity contribution in [3.8, 4) is 39.8 Å². The number of H-pyrrole nitrogens is 1. The smallest absolute Gasteiger partial charge is 0.483 e. The van der Waals surface area contributed by atoms with Gasteiger partial charge in [0.25, 0.3) is 23.2 Å². The van der Waals surface area contributed by atoms with E-state index < -0.39 is 36.9 Å². The summed E-state index contributed by atoms with van der Waals surface area (Å²) in [5.41, 5.74) is 15.9. The predicted molar refractivity (Wildman–Crippen MR) is 479 cm³/mol. The zero-order valence-corrected chi connectivity index (χ0v) is 79.4. The van der Waals surface area contributed by atoms with Crippen LogP contribution >= 0.6 is 111 Å². The third kappa shape index (κ3) is 32.9. The molecule has 0 bridgehead atoms. The molecule has 9 N–H and O–H groups in total. The Kier molecular flexibility index (Phi) is 49.2. The first-order valence-corrected chi connectivity index (χ1v) is 37.6. The van der Waals surface area contributed by atoms with Crippen molar-refractivity contribution in [2.45, 2.75) is 72.8 Å². The Labute approximate surface area is 799 Å². The molecule has 0 unspecified atom stereocenters. The largest absolute Gasteiger partial charge is 0.573 e. The normalized spacial score (nSPS) is 11.7. The number of ether oxygens (including phenoxy) is 3. The van der Waals surface area contributed by atoms with E-state index in [4.69, 9.17) is 69.8 Å². The predicted octanol–water partition coefficient (Wildman–Crippen LogP) is 15.5. The van der Waals surface area contributed by atoms with Crippen LogP contribution in [0.3, 0.4) is 0 Å². The number of hydrogen-bond acceptors (Lipinski definition) is 23. The molecular formula is C73H82B2Br4Cl4F9N19O14V2-2. The Hall–Kier alpha value is -8.94. The van der Waals surface area contributed by atoms with Crippen molar-refractivity contribution < 1.29 is 125 Å². The van der Waals surface area contributed by atoms with E-state index in [1.54, 1.807) is 101 Å². The molecule has 2 radical (unpaired) electrons. The number of imidazole rings is 3. The zero-order valence-electron chi connectivity index (χ0n) is 67.1. The second-order valence-corrected chi connectivity index (χ2v) is 29.4. The van der Waals surface area contributed by atoms with Gasteiger partial charge in [0.15, 0.2) is 21.7 Å². The Morgan fingerprint density at radius 1 is 0.598 bits per heavy atom. The fraction of sp³-hybridized carbons (Fsp3) is 0.247. The van der Waals surface area contributed by atoms with E-state index in [2.05, 4.69) is 129 Å². The molecule has 10 aromatic heterocycles. The number of aromatic nitrogens is 15. The van der Waals surface area contributed by atoms with Crippen molar-refractivity contribution in [3.63, 3.8) is 0 Å². The minimum atomic E-state index is -4.78. The fourth-order valence-corrected chi connectivity index (χ4v) is 12.8. The minimum Gasteiger partial charge on any atom is -0.483 e. The molecule has 1 aliphatic rings. The number of nitrogens with one attached hydrogen (secondary N) is 2. The SMILES string of the molecule is C.C.CN.CNc1c(Br)cnc(Cl)c1N.Cl.Cn1cc(-c2cn(-c3ccc(OC(F)(F)F)cc3)c(=O)c3ncn(C)c23)cn1.Cn1cc(B2OC(C)(C)C(C)(C)O2)cn1.Cn1cnc2c(=O)[nH]cc(Br)c21.Cn1cnc2c(=O)n(-c3ccc(OC(F)(F)F)cc3)cc(Br)c21.O=CO.O=[N+]([O-])c1c(Cl)ncc(Br)c1Cl.OB(O)c1ccc(OC(F)(F)F)cc1.[CH3-].[CH3-].[V].[V]. The summed E-state index contributed by atoms with van der Waals surface area (Å²) in [5.74, 6) is -1.12. The van der Waals surface area contributed by atoms with Crippen molar-refractivity contribution in [1.29, 1.82) is 0 Å². The number of nitrogen functional groups attached to an aromatic ring is 1. The molecule has 0 amide bonds. The average molecular weight is 2210 g/mol. The van der Waals surface area contributed by atoms with Crippen LogP contribution in [0, 0.1) is 25.0 Å². The number of hydrogen-bond donors (Lipinski definition) is 7. The number of rotatable bonds is 10. The maximum absolute atomic E-state index is 12.9. The Balaban J connectivity index is 0. The molecule has 11 heterocycles. The first-order valence-electron chi connectivity index (χ1n) is 33.3. The van der Waals surface area contributed by atoms with E-state index in [0.29, 0.717) is 47.7 Å². The molecule has 690 valence electrons. The summed E-state index contributed by atoms with van der Waals surface area (Å²) < 4.78 is 146. The number of nitrogens with zero attached hydrogens (tertiary/aromatic N) is 15. The fourth-order valence-electron chi connectivity index (χ4n) is 10.1. The van der Waals surface area contributed by atoms with Crippen LogP contribution in [0.1, 0.15) is 42.5 Å². The number of benzene rings is 3. The maximum Gasteiger partial charge on any atom is 0.573 e. The van der Waals surface area contributed by atoms with E-state index in [9.17, 15) is 64.0 Å². The monoisotopic (exact) mass is 2200 g/mol. The van der Waals surface area contributed by atoms with Crippen LogP contribution in [0.25, 0.3) is 55.6 Å². The summed E-state index contributed by atoms with van der Waals surface area (Å²) in [7, 11) is 10.3. The number of nitro groups is 1. The van der Waals surface area contributed by atoms with Crippen molar-refractivity contribution >= 4 is 193 Å². The van der Waals surface area contributed by atoms with Gasteiger partial charge < -0.3 is 89.0 Å². The molecule has 0 atom stereocenters. The summed E-state index contributed by atoms with van der Waals surface area (Å²) in [6.07, 6.45) is 5.26. The Bertz CT molecular complexity index is 5890. The molecule has 127 heavy (non-hydrogen) atoms. The molecule has 0 spiro atoms. The van der Waals surface area contributed by atoms with Gasteiger partial charge in [0.05, 0.1) is 87.1 Å². The van der Waals surface area contributed by atoms with Crippen molar-refractivity contribution in [2.24, 2.45) is 41.0 Å². The van der Waals surface area contributed by atoms with Crippen LogP contribution in [0.4, 0.5) is 56.6 Å². The molecule has 1 saturated heterocycles. The average Bonchev–Trinajstić information content (AvgIpc) is 1.65. The van der Waals surface area contributed by atoms with Crippen molar-refractivity contribution in [2.75, 3.05) is 25.1 Å². The van der Waals surface area contributed by atoms with Crippen LogP contribution in [-0.4, -0.2) is 157 Å². The molecule has 0 aliphatic carbocycles. The number of aryl methyl sites for hydroxylation is 5. The molecule has 3 aromatic carbocycles. The Morgan fingerprint density at radius 3 is 1.36 bits per heavy atom. The molecule has 13 aromatic rings. The van der Waals surface area contributed by atoms with Gasteiger partial charge in [-0.2, -0.15) is 10.2 Å². The Morgan fingerprint density at radius 2 is 0.984 bits per heavy atom. The van der Waals surface area contributed by atoms with Crippen LogP contribution in [-0.2, 0) is 86.5 Å². The van der Waals surface area contributed by atoms with Gasteiger partial charge in [0.2, 0.25) is 5.15 Å². The van der Waals surface area contributed by atoms with E-state index in [1.165, 1.54) is 59.3 Å². The first kappa shape index (κ1) is 120. The van der Waals surface area contributed by atoms with Crippen LogP contribution in [0.15, 0.2) is 180 Å². The number of anilines is 2. The third-order valence-electron chi connectivity index (χ3n) is 16.1. The van der Waals surface area contributed by atoms with Crippen LogP contribution in [0.2, 0.25) is 15.3 Å². The summed E-state index contributed by atoms with van der Waals surface area (Å²) >= 11 is 29.7. The number of fused-ring (bicyclic) bond motifs is 3. The van der Waals surface area contributed by atoms with Gasteiger partial charge in [-0.3, -0.25) is 47.8 Å². The summed E-state index contributed by atoms with van der Waals surface area (Å²) in [6, 6.07) is 14.4. The van der Waals surface area contributed by atoms with Crippen LogP contribution in [0.5, 0.6) is 17.2 Å². The number of aromatic amines is 1. The van der Waals surface area contributed by atoms with E-state index >= 15 is 0 Å². The van der Waals surface area contributed by atoms with E-state index in [-0.39, 0.29) is 165 Å². The minimum absolute atomic E-state index is 0.